The molecular weight excluding hydrogens is 340 g/mol. The van der Waals surface area contributed by atoms with Gasteiger partial charge in [0.1, 0.15) is 0 Å². The van der Waals surface area contributed by atoms with Crippen LogP contribution in [0.3, 0.4) is 0 Å². The first-order chi connectivity index (χ1) is 11.7. The number of aromatic nitrogens is 4. The highest BCUT2D eigenvalue weighted by Gasteiger charge is 2.22. The Labute approximate surface area is 138 Å². The smallest absolute Gasteiger partial charge is 0.365 e. The zero-order valence-electron chi connectivity index (χ0n) is 12.0. The lowest BCUT2D eigenvalue weighted by Crippen LogP contribution is -2.14. The Morgan fingerprint density at radius 1 is 1.29 bits per heavy atom. The minimum atomic E-state index is -0.699. The van der Waals surface area contributed by atoms with Gasteiger partial charge in [-0.25, -0.2) is 14.0 Å². The van der Waals surface area contributed by atoms with E-state index >= 15 is 0 Å². The van der Waals surface area contributed by atoms with E-state index in [4.69, 9.17) is 26.3 Å². The maximum atomic E-state index is 12.0. The summed E-state index contributed by atoms with van der Waals surface area (Å²) in [6, 6.07) is 6.51. The molecule has 0 atom stereocenters. The molecule has 0 unspecified atom stereocenters. The molecule has 24 heavy (non-hydrogen) atoms. The molecule has 0 fully saturated rings. The number of halogens is 1. The third-order valence-corrected chi connectivity index (χ3v) is 3.21. The van der Waals surface area contributed by atoms with Crippen molar-refractivity contribution in [3.8, 4) is 17.2 Å². The van der Waals surface area contributed by atoms with Crippen molar-refractivity contribution in [2.75, 3.05) is 18.4 Å². The molecular formula is C12H9ClN8O3. The number of azide groups is 1. The summed E-state index contributed by atoms with van der Waals surface area (Å²) < 4.78 is 10.6. The van der Waals surface area contributed by atoms with Crippen LogP contribution in [-0.2, 0) is 0 Å². The van der Waals surface area contributed by atoms with Gasteiger partial charge in [-0.1, -0.05) is 21.9 Å². The Balaban J connectivity index is 1.97. The van der Waals surface area contributed by atoms with Crippen LogP contribution < -0.4 is 11.1 Å². The van der Waals surface area contributed by atoms with E-state index in [0.29, 0.717) is 17.3 Å². The Morgan fingerprint density at radius 3 is 2.83 bits per heavy atom. The Kier molecular flexibility index (Phi) is 4.45. The highest BCUT2D eigenvalue weighted by molar-refractivity contribution is 6.30. The fourth-order valence-corrected chi connectivity index (χ4v) is 2.06. The van der Waals surface area contributed by atoms with E-state index in [0.717, 1.165) is 0 Å². The van der Waals surface area contributed by atoms with Crippen LogP contribution in [0.15, 0.2) is 43.3 Å². The summed E-state index contributed by atoms with van der Waals surface area (Å²) in [5, 5.41) is 17.9. The van der Waals surface area contributed by atoms with E-state index in [1.165, 1.54) is 4.57 Å². The van der Waals surface area contributed by atoms with Crippen molar-refractivity contribution in [1.82, 2.24) is 20.0 Å². The van der Waals surface area contributed by atoms with E-state index in [1.807, 2.05) is 0 Å². The minimum absolute atomic E-state index is 0.106. The molecule has 12 heteroatoms. The first kappa shape index (κ1) is 15.6. The molecule has 0 aliphatic heterocycles. The fraction of sp³-hybridized carbons (Fsp3) is 0.167. The molecule has 0 saturated carbocycles. The van der Waals surface area contributed by atoms with Gasteiger partial charge in [-0.05, 0) is 40.1 Å². The second-order valence-corrected chi connectivity index (χ2v) is 4.86. The summed E-state index contributed by atoms with van der Waals surface area (Å²) in [7, 11) is 0. The maximum Gasteiger partial charge on any atom is 0.446 e. The van der Waals surface area contributed by atoms with Crippen LogP contribution in [0.2, 0.25) is 5.02 Å². The molecule has 1 aromatic carbocycles. The monoisotopic (exact) mass is 348 g/mol. The molecule has 11 nitrogen and oxygen atoms in total. The third-order valence-electron chi connectivity index (χ3n) is 2.96. The average molecular weight is 349 g/mol. The molecule has 0 spiro atoms. The Bertz CT molecular complexity index is 938. The van der Waals surface area contributed by atoms with Crippen molar-refractivity contribution in [2.45, 2.75) is 0 Å². The molecule has 3 rings (SSSR count). The predicted molar refractivity (Wildman–Crippen MR) is 82.9 cm³/mol. The predicted octanol–water partition coefficient (Wildman–Crippen LogP) is 2.25. The molecule has 122 valence electrons. The van der Waals surface area contributed by atoms with Crippen LogP contribution in [-0.4, -0.2) is 33.1 Å². The van der Waals surface area contributed by atoms with Crippen LogP contribution in [0.25, 0.3) is 27.6 Å². The summed E-state index contributed by atoms with van der Waals surface area (Å²) in [5.74, 6) is -0.357. The number of rotatable bonds is 6. The summed E-state index contributed by atoms with van der Waals surface area (Å²) in [6.45, 7) is 0.500. The number of hydrogen-bond donors (Lipinski definition) is 1. The summed E-state index contributed by atoms with van der Waals surface area (Å²) in [4.78, 5) is 14.6. The van der Waals surface area contributed by atoms with Gasteiger partial charge in [0.2, 0.25) is 11.6 Å². The van der Waals surface area contributed by atoms with Crippen LogP contribution >= 0.6 is 11.6 Å². The SMILES string of the molecule is [N-]=[N+]=NCCNc1nonc1-c1noc(=O)n1-c1ccc(Cl)cc1. The zero-order chi connectivity index (χ0) is 16.9. The van der Waals surface area contributed by atoms with Gasteiger partial charge in [0.15, 0.2) is 5.69 Å². The van der Waals surface area contributed by atoms with E-state index < -0.39 is 5.76 Å². The number of benzene rings is 1. The lowest BCUT2D eigenvalue weighted by molar-refractivity contribution is 0.309. The van der Waals surface area contributed by atoms with Gasteiger partial charge >= 0.3 is 5.76 Å². The maximum absolute atomic E-state index is 12.0. The minimum Gasteiger partial charge on any atom is -0.365 e. The zero-order valence-corrected chi connectivity index (χ0v) is 12.7. The molecule has 0 saturated heterocycles. The van der Waals surface area contributed by atoms with Gasteiger partial charge in [0, 0.05) is 23.0 Å². The molecule has 0 bridgehead atoms. The van der Waals surface area contributed by atoms with Crippen LogP contribution in [0.1, 0.15) is 0 Å². The first-order valence-corrected chi connectivity index (χ1v) is 7.01. The quantitative estimate of drug-likeness (QED) is 0.311. The van der Waals surface area contributed by atoms with Gasteiger partial charge in [0.05, 0.1) is 5.69 Å². The molecule has 3 aromatic rings. The van der Waals surface area contributed by atoms with Crippen molar-refractivity contribution < 1.29 is 9.15 Å². The number of nitrogens with zero attached hydrogens (tertiary/aromatic N) is 7. The lowest BCUT2D eigenvalue weighted by atomic mass is 10.3. The fourth-order valence-electron chi connectivity index (χ4n) is 1.94. The molecule has 2 heterocycles. The topological polar surface area (TPSA) is 148 Å². The van der Waals surface area contributed by atoms with E-state index in [-0.39, 0.29) is 23.9 Å². The lowest BCUT2D eigenvalue weighted by Gasteiger charge is -2.04. The van der Waals surface area contributed by atoms with Gasteiger partial charge in [-0.15, -0.1) is 0 Å². The summed E-state index contributed by atoms with van der Waals surface area (Å²) in [6.07, 6.45) is 0. The standard InChI is InChI=1S/C12H9ClN8O3/c13-7-1-3-8(4-2-7)21-11(19-23-12(21)22)9-10(18-24-17-9)15-5-6-16-20-14/h1-4H,5-6H2,(H,15,18). The molecule has 1 N–H and O–H groups in total. The van der Waals surface area contributed by atoms with Crippen molar-refractivity contribution in [3.63, 3.8) is 0 Å². The van der Waals surface area contributed by atoms with Crippen LogP contribution in [0.4, 0.5) is 5.82 Å². The first-order valence-electron chi connectivity index (χ1n) is 6.63. The largest absolute Gasteiger partial charge is 0.446 e. The summed E-state index contributed by atoms with van der Waals surface area (Å²) >= 11 is 5.85. The molecule has 0 aliphatic rings. The highest BCUT2D eigenvalue weighted by Crippen LogP contribution is 2.24. The average Bonchev–Trinajstić information content (AvgIpc) is 3.19. The normalized spacial score (nSPS) is 10.4. The van der Waals surface area contributed by atoms with Crippen molar-refractivity contribution in [2.24, 2.45) is 5.11 Å². The van der Waals surface area contributed by atoms with E-state index in [2.05, 4.69) is 30.8 Å². The van der Waals surface area contributed by atoms with E-state index in [1.54, 1.807) is 24.3 Å². The van der Waals surface area contributed by atoms with Gasteiger partial charge in [-0.3, -0.25) is 4.52 Å². The molecule has 2 aromatic heterocycles. The third kappa shape index (κ3) is 3.07. The van der Waals surface area contributed by atoms with Gasteiger partial charge in [0.25, 0.3) is 0 Å². The molecule has 0 amide bonds. The van der Waals surface area contributed by atoms with Crippen molar-refractivity contribution in [1.29, 1.82) is 0 Å². The summed E-state index contributed by atoms with van der Waals surface area (Å²) in [5.41, 5.74) is 8.92. The van der Waals surface area contributed by atoms with Crippen molar-refractivity contribution >= 4 is 17.4 Å². The van der Waals surface area contributed by atoms with Crippen LogP contribution in [0.5, 0.6) is 0 Å². The number of anilines is 1. The van der Waals surface area contributed by atoms with Gasteiger partial charge < -0.3 is 5.32 Å². The second-order valence-electron chi connectivity index (χ2n) is 4.43. The Hall–Kier alpha value is -3.30. The van der Waals surface area contributed by atoms with Crippen molar-refractivity contribution in [3.05, 3.63) is 50.3 Å². The van der Waals surface area contributed by atoms with E-state index in [9.17, 15) is 4.79 Å². The Morgan fingerprint density at radius 2 is 2.08 bits per heavy atom. The highest BCUT2D eigenvalue weighted by atomic mass is 35.5. The second kappa shape index (κ2) is 6.86. The number of hydrogen-bond acceptors (Lipinski definition) is 8. The van der Waals surface area contributed by atoms with Crippen LogP contribution in [0, 0.1) is 0 Å². The number of nitrogens with one attached hydrogen (secondary N) is 1. The molecule has 0 radical (unpaired) electrons. The van der Waals surface area contributed by atoms with Gasteiger partial charge in [-0.2, -0.15) is 0 Å². The molecule has 0 aliphatic carbocycles.